The number of hydrogen-bond donors (Lipinski definition) is 0. The first-order valence-corrected chi connectivity index (χ1v) is 13.9. The molecular formula is C24H23ClFN5O3S2. The van der Waals surface area contributed by atoms with E-state index in [1.165, 1.54) is 17.8 Å². The average molecular weight is 548 g/mol. The highest BCUT2D eigenvalue weighted by molar-refractivity contribution is 7.98. The Bertz CT molecular complexity index is 1260. The van der Waals surface area contributed by atoms with Crippen LogP contribution in [0.5, 0.6) is 5.88 Å². The van der Waals surface area contributed by atoms with E-state index in [1.54, 1.807) is 35.9 Å². The number of thioether (sulfide) groups is 1. The topological polar surface area (TPSA) is 89.8 Å². The number of oxime groups is 1. The van der Waals surface area contributed by atoms with Crippen molar-refractivity contribution in [3.63, 3.8) is 0 Å². The molecule has 0 N–H and O–H groups in total. The highest BCUT2D eigenvalue weighted by Crippen LogP contribution is 2.37. The van der Waals surface area contributed by atoms with Crippen molar-refractivity contribution in [3.8, 4) is 5.88 Å². The first-order valence-electron chi connectivity index (χ1n) is 11.4. The largest absolute Gasteiger partial charge is 0.466 e. The summed E-state index contributed by atoms with van der Waals surface area (Å²) < 4.78 is 19.9. The zero-order valence-electron chi connectivity index (χ0n) is 19.4. The van der Waals surface area contributed by atoms with Crippen LogP contribution in [0, 0.1) is 5.82 Å². The molecule has 36 heavy (non-hydrogen) atoms. The van der Waals surface area contributed by atoms with Crippen LogP contribution in [0.25, 0.3) is 0 Å². The zero-order chi connectivity index (χ0) is 25.1. The molecule has 0 spiro atoms. The maximum atomic E-state index is 14.3. The molecule has 0 saturated carbocycles. The van der Waals surface area contributed by atoms with E-state index in [2.05, 4.69) is 15.1 Å². The smallest absolute Gasteiger partial charge is 0.260 e. The van der Waals surface area contributed by atoms with Gasteiger partial charge in [-0.1, -0.05) is 22.8 Å². The molecule has 1 aromatic carbocycles. The van der Waals surface area contributed by atoms with Crippen molar-refractivity contribution in [2.75, 3.05) is 26.0 Å². The fourth-order valence-electron chi connectivity index (χ4n) is 4.26. The number of aromatic nitrogens is 3. The van der Waals surface area contributed by atoms with Crippen molar-refractivity contribution in [1.29, 1.82) is 0 Å². The summed E-state index contributed by atoms with van der Waals surface area (Å²) in [7, 11) is 0. The Morgan fingerprint density at radius 2 is 2.11 bits per heavy atom. The fourth-order valence-corrected chi connectivity index (χ4v) is 6.00. The van der Waals surface area contributed by atoms with Gasteiger partial charge in [-0.15, -0.1) is 23.1 Å². The van der Waals surface area contributed by atoms with Crippen molar-refractivity contribution in [1.82, 2.24) is 19.9 Å². The second kappa shape index (κ2) is 11.1. The molecule has 1 saturated heterocycles. The Balaban J connectivity index is 1.14. The van der Waals surface area contributed by atoms with Gasteiger partial charge in [0.05, 0.1) is 15.7 Å². The zero-order valence-corrected chi connectivity index (χ0v) is 21.8. The number of carbonyl (C=O) groups is 1. The quantitative estimate of drug-likeness (QED) is 0.380. The Kier molecular flexibility index (Phi) is 7.68. The number of hydrogen-bond acceptors (Lipinski definition) is 9. The van der Waals surface area contributed by atoms with E-state index in [9.17, 15) is 9.18 Å². The normalized spacial score (nSPS) is 18.1. The van der Waals surface area contributed by atoms with Gasteiger partial charge in [-0.25, -0.2) is 19.3 Å². The van der Waals surface area contributed by atoms with Gasteiger partial charge in [-0.2, -0.15) is 0 Å². The number of amides is 1. The molecule has 0 aliphatic carbocycles. The van der Waals surface area contributed by atoms with Crippen LogP contribution in [0.3, 0.4) is 0 Å². The number of carbonyl (C=O) groups excluding carboxylic acids is 1. The van der Waals surface area contributed by atoms with Crippen LogP contribution in [0.2, 0.25) is 5.02 Å². The van der Waals surface area contributed by atoms with Gasteiger partial charge in [0, 0.05) is 48.8 Å². The average Bonchev–Trinajstić information content (AvgIpc) is 3.58. The predicted molar refractivity (Wildman–Crippen MR) is 136 cm³/mol. The minimum atomic E-state index is -0.566. The van der Waals surface area contributed by atoms with E-state index < -0.39 is 11.9 Å². The van der Waals surface area contributed by atoms with Gasteiger partial charge in [0.1, 0.15) is 11.5 Å². The molecule has 0 bridgehead atoms. The van der Waals surface area contributed by atoms with Crippen LogP contribution >= 0.6 is 34.7 Å². The van der Waals surface area contributed by atoms with E-state index in [-0.39, 0.29) is 18.4 Å². The van der Waals surface area contributed by atoms with Crippen LogP contribution in [-0.4, -0.2) is 57.4 Å². The maximum Gasteiger partial charge on any atom is 0.260 e. The first-order chi connectivity index (χ1) is 17.5. The number of ether oxygens (including phenoxy) is 1. The molecule has 1 amide bonds. The predicted octanol–water partition coefficient (Wildman–Crippen LogP) is 5.10. The highest BCUT2D eigenvalue weighted by Gasteiger charge is 2.31. The van der Waals surface area contributed by atoms with E-state index in [0.717, 1.165) is 23.5 Å². The van der Waals surface area contributed by atoms with Gasteiger partial charge in [0.15, 0.2) is 17.7 Å². The summed E-state index contributed by atoms with van der Waals surface area (Å²) in [5, 5.41) is 8.10. The van der Waals surface area contributed by atoms with Crippen molar-refractivity contribution in [2.45, 2.75) is 36.3 Å². The van der Waals surface area contributed by atoms with Crippen LogP contribution in [0.15, 0.2) is 46.2 Å². The minimum absolute atomic E-state index is 0.0642. The molecule has 3 aromatic rings. The fraction of sp³-hybridized carbons (Fsp3) is 0.375. The number of benzene rings is 1. The second-order valence-electron chi connectivity index (χ2n) is 8.36. The Morgan fingerprint density at radius 3 is 2.89 bits per heavy atom. The van der Waals surface area contributed by atoms with E-state index in [4.69, 9.17) is 26.2 Å². The molecular weight excluding hydrogens is 525 g/mol. The standard InChI is InChI=1S/C24H23ClFN5O3S2/c1-35-24-22(27-7-8-28-24)33-12-20(32)31-9-5-14(6-10-31)23-29-18(13-36-23)17-11-19(34-30-17)21-15(25)3-2-4-16(21)26/h2-4,7-8,13-14,19H,5-6,9-12H2,1H3. The number of halogens is 2. The Hall–Kier alpha value is -2.76. The molecule has 4 heterocycles. The SMILES string of the molecule is CSc1nccnc1OCC(=O)N1CCC(c2nc(C3=NOC(c4c(F)cccc4Cl)C3)cs2)CC1. The van der Waals surface area contributed by atoms with E-state index in [0.29, 0.717) is 46.7 Å². The Morgan fingerprint density at radius 1 is 1.31 bits per heavy atom. The summed E-state index contributed by atoms with van der Waals surface area (Å²) in [6.07, 6.45) is 6.50. The third-order valence-electron chi connectivity index (χ3n) is 6.16. The summed E-state index contributed by atoms with van der Waals surface area (Å²) in [5.74, 6) is 0.163. The molecule has 2 aromatic heterocycles. The molecule has 5 rings (SSSR count). The molecule has 0 radical (unpaired) electrons. The van der Waals surface area contributed by atoms with Gasteiger partial charge in [0.2, 0.25) is 5.88 Å². The van der Waals surface area contributed by atoms with Crippen LogP contribution < -0.4 is 4.74 Å². The summed E-state index contributed by atoms with van der Waals surface area (Å²) in [6, 6.07) is 4.57. The molecule has 1 atom stereocenters. The van der Waals surface area contributed by atoms with Gasteiger partial charge in [0.25, 0.3) is 5.91 Å². The monoisotopic (exact) mass is 547 g/mol. The third-order valence-corrected chi connectivity index (χ3v) is 8.17. The van der Waals surface area contributed by atoms with Gasteiger partial charge in [-0.3, -0.25) is 4.79 Å². The molecule has 12 heteroatoms. The van der Waals surface area contributed by atoms with Crippen LogP contribution in [0.1, 0.15) is 47.5 Å². The lowest BCUT2D eigenvalue weighted by Crippen LogP contribution is -2.40. The molecule has 2 aliphatic heterocycles. The third kappa shape index (κ3) is 5.33. The van der Waals surface area contributed by atoms with Crippen LogP contribution in [0.4, 0.5) is 4.39 Å². The molecule has 2 aliphatic rings. The van der Waals surface area contributed by atoms with Crippen molar-refractivity contribution in [3.05, 3.63) is 63.1 Å². The maximum absolute atomic E-state index is 14.3. The highest BCUT2D eigenvalue weighted by atomic mass is 35.5. The van der Waals surface area contributed by atoms with Gasteiger partial charge in [-0.05, 0) is 31.2 Å². The number of rotatable bonds is 7. The lowest BCUT2D eigenvalue weighted by molar-refractivity contribution is -0.134. The van der Waals surface area contributed by atoms with E-state index >= 15 is 0 Å². The number of likely N-dealkylation sites (tertiary alicyclic amines) is 1. The van der Waals surface area contributed by atoms with Gasteiger partial charge >= 0.3 is 0 Å². The van der Waals surface area contributed by atoms with Crippen molar-refractivity contribution in [2.24, 2.45) is 5.16 Å². The van der Waals surface area contributed by atoms with E-state index in [1.807, 2.05) is 16.5 Å². The molecule has 1 unspecified atom stereocenters. The summed E-state index contributed by atoms with van der Waals surface area (Å²) in [4.78, 5) is 33.1. The number of thiazole rings is 1. The first kappa shape index (κ1) is 24.9. The molecule has 188 valence electrons. The molecule has 8 nitrogen and oxygen atoms in total. The van der Waals surface area contributed by atoms with Crippen molar-refractivity contribution >= 4 is 46.3 Å². The number of piperidine rings is 1. The Labute approximate surface area is 220 Å². The second-order valence-corrected chi connectivity index (χ2v) is 10.4. The van der Waals surface area contributed by atoms with Crippen molar-refractivity contribution < 1.29 is 18.8 Å². The lowest BCUT2D eigenvalue weighted by atomic mass is 9.97. The molecule has 1 fully saturated rings. The summed E-state index contributed by atoms with van der Waals surface area (Å²) >= 11 is 9.18. The summed E-state index contributed by atoms with van der Waals surface area (Å²) in [6.45, 7) is 1.20. The van der Waals surface area contributed by atoms with Gasteiger partial charge < -0.3 is 14.5 Å². The van der Waals surface area contributed by atoms with Crippen LogP contribution in [-0.2, 0) is 9.63 Å². The summed E-state index contributed by atoms with van der Waals surface area (Å²) in [5.41, 5.74) is 1.74. The minimum Gasteiger partial charge on any atom is -0.466 e. The number of nitrogens with zero attached hydrogens (tertiary/aromatic N) is 5. The lowest BCUT2D eigenvalue weighted by Gasteiger charge is -2.31.